The molecule has 2 heterocycles. The summed E-state index contributed by atoms with van der Waals surface area (Å²) in [4.78, 5) is 20.3. The zero-order chi connectivity index (χ0) is 18.6. The van der Waals surface area contributed by atoms with E-state index in [1.165, 1.54) is 10.5 Å². The average molecular weight is 381 g/mol. The summed E-state index contributed by atoms with van der Waals surface area (Å²) in [5.41, 5.74) is 3.02. The van der Waals surface area contributed by atoms with E-state index in [2.05, 4.69) is 36.2 Å². The molecule has 0 aliphatic carbocycles. The highest BCUT2D eigenvalue weighted by Crippen LogP contribution is 2.30. The Morgan fingerprint density at radius 1 is 1.15 bits per heavy atom. The second kappa shape index (κ2) is 8.17. The third kappa shape index (κ3) is 4.35. The van der Waals surface area contributed by atoms with Crippen LogP contribution in [0.5, 0.6) is 0 Å². The van der Waals surface area contributed by atoms with Gasteiger partial charge < -0.3 is 9.32 Å². The number of hydrogen-bond donors (Lipinski definition) is 0. The number of aromatic nitrogens is 1. The highest BCUT2D eigenvalue weighted by molar-refractivity contribution is 7.99. The fraction of sp³-hybridized carbons (Fsp3) is 0.364. The number of thioether (sulfide) groups is 1. The van der Waals surface area contributed by atoms with Crippen molar-refractivity contribution < 1.29 is 9.21 Å². The number of aryl methyl sites for hydroxylation is 1. The molecular weight excluding hydrogens is 356 g/mol. The molecule has 4 nitrogen and oxygen atoms in total. The Balaban J connectivity index is 1.25. The maximum absolute atomic E-state index is 12.5. The molecule has 0 N–H and O–H groups in total. The van der Waals surface area contributed by atoms with Gasteiger partial charge in [-0.05, 0) is 44.0 Å². The highest BCUT2D eigenvalue weighted by Gasteiger charge is 2.26. The molecule has 3 aromatic rings. The Morgan fingerprint density at radius 3 is 2.63 bits per heavy atom. The maximum Gasteiger partial charge on any atom is 0.223 e. The van der Waals surface area contributed by atoms with Crippen LogP contribution in [0.25, 0.3) is 11.1 Å². The number of piperidine rings is 1. The maximum atomic E-state index is 12.5. The first-order chi connectivity index (χ1) is 13.2. The Labute approximate surface area is 164 Å². The number of benzene rings is 2. The van der Waals surface area contributed by atoms with Gasteiger partial charge in [0.25, 0.3) is 0 Å². The lowest BCUT2D eigenvalue weighted by Gasteiger charge is -2.30. The quantitative estimate of drug-likeness (QED) is 0.583. The normalized spacial score (nSPS) is 15.4. The summed E-state index contributed by atoms with van der Waals surface area (Å²) in [5.74, 6) is 2.21. The minimum absolute atomic E-state index is 0.255. The summed E-state index contributed by atoms with van der Waals surface area (Å²) in [6.07, 6.45) is 2.43. The van der Waals surface area contributed by atoms with Gasteiger partial charge in [-0.2, -0.15) is 0 Å². The molecule has 0 atom stereocenters. The van der Waals surface area contributed by atoms with Gasteiger partial charge in [0.1, 0.15) is 5.52 Å². The summed E-state index contributed by atoms with van der Waals surface area (Å²) >= 11 is 1.75. The van der Waals surface area contributed by atoms with Gasteiger partial charge in [0.2, 0.25) is 5.91 Å². The SMILES string of the molecule is Cc1ccc(SCCC(=O)N2CCC(c3nc4ccccc4o3)CC2)cc1. The summed E-state index contributed by atoms with van der Waals surface area (Å²) in [6.45, 7) is 3.66. The summed E-state index contributed by atoms with van der Waals surface area (Å²) in [7, 11) is 0. The van der Waals surface area contributed by atoms with E-state index >= 15 is 0 Å². The van der Waals surface area contributed by atoms with Gasteiger partial charge in [0, 0.05) is 36.1 Å². The van der Waals surface area contributed by atoms with E-state index < -0.39 is 0 Å². The van der Waals surface area contributed by atoms with Crippen molar-refractivity contribution in [2.45, 2.75) is 37.0 Å². The van der Waals surface area contributed by atoms with Crippen molar-refractivity contribution in [3.63, 3.8) is 0 Å². The van der Waals surface area contributed by atoms with Crippen LogP contribution in [-0.4, -0.2) is 34.6 Å². The highest BCUT2D eigenvalue weighted by atomic mass is 32.2. The molecule has 4 rings (SSSR count). The number of fused-ring (bicyclic) bond motifs is 1. The molecule has 0 bridgehead atoms. The number of carbonyl (C=O) groups is 1. The van der Waals surface area contributed by atoms with Crippen LogP contribution in [0.15, 0.2) is 57.8 Å². The lowest BCUT2D eigenvalue weighted by Crippen LogP contribution is -2.38. The van der Waals surface area contributed by atoms with Gasteiger partial charge in [-0.25, -0.2) is 4.98 Å². The molecule has 1 fully saturated rings. The zero-order valence-corrected chi connectivity index (χ0v) is 16.4. The molecule has 1 saturated heterocycles. The molecular formula is C22H24N2O2S. The number of hydrogen-bond acceptors (Lipinski definition) is 4. The van der Waals surface area contributed by atoms with Gasteiger partial charge in [0.05, 0.1) is 0 Å². The van der Waals surface area contributed by atoms with Crippen LogP contribution in [-0.2, 0) is 4.79 Å². The molecule has 140 valence electrons. The lowest BCUT2D eigenvalue weighted by atomic mass is 9.96. The van der Waals surface area contributed by atoms with E-state index in [1.807, 2.05) is 29.2 Å². The predicted molar refractivity (Wildman–Crippen MR) is 109 cm³/mol. The monoisotopic (exact) mass is 380 g/mol. The van der Waals surface area contributed by atoms with Gasteiger partial charge >= 0.3 is 0 Å². The van der Waals surface area contributed by atoms with Gasteiger partial charge in [-0.15, -0.1) is 11.8 Å². The minimum atomic E-state index is 0.255. The van der Waals surface area contributed by atoms with Crippen molar-refractivity contribution in [2.75, 3.05) is 18.8 Å². The Bertz CT molecular complexity index is 878. The van der Waals surface area contributed by atoms with Crippen molar-refractivity contribution in [3.8, 4) is 0 Å². The van der Waals surface area contributed by atoms with Gasteiger partial charge in [-0.1, -0.05) is 29.8 Å². The first kappa shape index (κ1) is 18.1. The molecule has 1 amide bonds. The van der Waals surface area contributed by atoms with Crippen LogP contribution in [0, 0.1) is 6.92 Å². The van der Waals surface area contributed by atoms with Crippen molar-refractivity contribution in [1.29, 1.82) is 0 Å². The first-order valence-electron chi connectivity index (χ1n) is 9.52. The van der Waals surface area contributed by atoms with Crippen LogP contribution in [0.1, 0.15) is 36.6 Å². The standard InChI is InChI=1S/C22H24N2O2S/c1-16-6-8-18(9-7-16)27-15-12-21(25)24-13-10-17(11-14-24)22-23-19-4-2-3-5-20(19)26-22/h2-9,17H,10-15H2,1H3. The van der Waals surface area contributed by atoms with E-state index in [0.717, 1.165) is 48.7 Å². The van der Waals surface area contributed by atoms with Gasteiger partial charge in [-0.3, -0.25) is 4.79 Å². The number of likely N-dealkylation sites (tertiary alicyclic amines) is 1. The third-order valence-corrected chi connectivity index (χ3v) is 6.13. The second-order valence-electron chi connectivity index (χ2n) is 7.09. The molecule has 27 heavy (non-hydrogen) atoms. The van der Waals surface area contributed by atoms with Crippen LogP contribution >= 0.6 is 11.8 Å². The minimum Gasteiger partial charge on any atom is -0.440 e. The molecule has 1 aliphatic heterocycles. The Kier molecular flexibility index (Phi) is 5.48. The fourth-order valence-corrected chi connectivity index (χ4v) is 4.33. The average Bonchev–Trinajstić information content (AvgIpc) is 3.14. The topological polar surface area (TPSA) is 46.3 Å². The lowest BCUT2D eigenvalue weighted by molar-refractivity contribution is -0.131. The molecule has 5 heteroatoms. The summed E-state index contributed by atoms with van der Waals surface area (Å²) in [5, 5.41) is 0. The fourth-order valence-electron chi connectivity index (χ4n) is 3.49. The van der Waals surface area contributed by atoms with Gasteiger partial charge in [0.15, 0.2) is 11.5 Å². The van der Waals surface area contributed by atoms with E-state index in [-0.39, 0.29) is 5.91 Å². The largest absolute Gasteiger partial charge is 0.440 e. The smallest absolute Gasteiger partial charge is 0.223 e. The van der Waals surface area contributed by atoms with E-state index in [1.54, 1.807) is 11.8 Å². The predicted octanol–water partition coefficient (Wildman–Crippen LogP) is 5.02. The summed E-state index contributed by atoms with van der Waals surface area (Å²) in [6, 6.07) is 16.3. The van der Waals surface area contributed by atoms with Crippen molar-refractivity contribution in [1.82, 2.24) is 9.88 Å². The third-order valence-electron chi connectivity index (χ3n) is 5.11. The molecule has 2 aromatic carbocycles. The first-order valence-corrected chi connectivity index (χ1v) is 10.5. The second-order valence-corrected chi connectivity index (χ2v) is 8.25. The Hall–Kier alpha value is -2.27. The molecule has 0 spiro atoms. The van der Waals surface area contributed by atoms with Crippen molar-refractivity contribution in [3.05, 3.63) is 60.0 Å². The van der Waals surface area contributed by atoms with E-state index in [4.69, 9.17) is 4.42 Å². The van der Waals surface area contributed by atoms with Crippen LogP contribution in [0.2, 0.25) is 0 Å². The Morgan fingerprint density at radius 2 is 1.89 bits per heavy atom. The molecule has 1 aliphatic rings. The van der Waals surface area contributed by atoms with Crippen LogP contribution in [0.3, 0.4) is 0 Å². The zero-order valence-electron chi connectivity index (χ0n) is 15.6. The molecule has 1 aromatic heterocycles. The number of carbonyl (C=O) groups excluding carboxylic acids is 1. The molecule has 0 saturated carbocycles. The van der Waals surface area contributed by atoms with E-state index in [9.17, 15) is 4.79 Å². The molecule has 0 radical (unpaired) electrons. The summed E-state index contributed by atoms with van der Waals surface area (Å²) < 4.78 is 5.91. The number of rotatable bonds is 5. The number of oxazole rings is 1. The van der Waals surface area contributed by atoms with Crippen molar-refractivity contribution in [2.24, 2.45) is 0 Å². The number of nitrogens with zero attached hydrogens (tertiary/aromatic N) is 2. The number of amides is 1. The molecule has 0 unspecified atom stereocenters. The van der Waals surface area contributed by atoms with Crippen LogP contribution in [0.4, 0.5) is 0 Å². The van der Waals surface area contributed by atoms with Crippen molar-refractivity contribution >= 4 is 28.8 Å². The number of para-hydroxylation sites is 2. The van der Waals surface area contributed by atoms with Crippen LogP contribution < -0.4 is 0 Å². The van der Waals surface area contributed by atoms with E-state index in [0.29, 0.717) is 12.3 Å².